The molecule has 200 valence electrons. The van der Waals surface area contributed by atoms with Gasteiger partial charge in [0, 0.05) is 30.3 Å². The fourth-order valence-corrected chi connectivity index (χ4v) is 5.74. The van der Waals surface area contributed by atoms with Gasteiger partial charge in [-0.1, -0.05) is 36.8 Å². The van der Waals surface area contributed by atoms with E-state index in [1.807, 2.05) is 36.4 Å². The highest BCUT2D eigenvalue weighted by atomic mass is 16.5. The van der Waals surface area contributed by atoms with E-state index in [2.05, 4.69) is 46.6 Å². The summed E-state index contributed by atoms with van der Waals surface area (Å²) in [5.74, 6) is 2.23. The van der Waals surface area contributed by atoms with Crippen molar-refractivity contribution in [2.24, 2.45) is 0 Å². The van der Waals surface area contributed by atoms with Crippen LogP contribution in [0.15, 0.2) is 72.8 Å². The van der Waals surface area contributed by atoms with Crippen molar-refractivity contribution in [3.8, 4) is 28.4 Å². The zero-order chi connectivity index (χ0) is 26.8. The van der Waals surface area contributed by atoms with Gasteiger partial charge in [0.2, 0.25) is 0 Å². The van der Waals surface area contributed by atoms with Crippen molar-refractivity contribution in [2.45, 2.75) is 25.4 Å². The highest BCUT2D eigenvalue weighted by Crippen LogP contribution is 2.48. The number of carbonyl (C=O) groups is 1. The van der Waals surface area contributed by atoms with Crippen LogP contribution in [-0.2, 0) is 0 Å². The Kier molecular flexibility index (Phi) is 7.12. The van der Waals surface area contributed by atoms with E-state index in [9.17, 15) is 4.79 Å². The zero-order valence-corrected chi connectivity index (χ0v) is 22.5. The minimum absolute atomic E-state index is 0.139. The van der Waals surface area contributed by atoms with Gasteiger partial charge in [-0.15, -0.1) is 0 Å². The van der Waals surface area contributed by atoms with Crippen LogP contribution in [0.5, 0.6) is 17.2 Å². The fourth-order valence-electron chi connectivity index (χ4n) is 5.74. The van der Waals surface area contributed by atoms with Gasteiger partial charge in [0.15, 0.2) is 6.10 Å². The van der Waals surface area contributed by atoms with Crippen LogP contribution in [0.4, 0.5) is 0 Å². The molecule has 1 amide bonds. The van der Waals surface area contributed by atoms with Crippen LogP contribution >= 0.6 is 0 Å². The summed E-state index contributed by atoms with van der Waals surface area (Å²) >= 11 is 0. The third kappa shape index (κ3) is 5.04. The van der Waals surface area contributed by atoms with Gasteiger partial charge >= 0.3 is 0 Å². The van der Waals surface area contributed by atoms with E-state index in [1.165, 1.54) is 32.4 Å². The monoisotopic (exact) mass is 522 g/mol. The Morgan fingerprint density at radius 2 is 1.69 bits per heavy atom. The highest BCUT2D eigenvalue weighted by molar-refractivity contribution is 5.98. The van der Waals surface area contributed by atoms with Gasteiger partial charge in [0.1, 0.15) is 23.9 Å². The highest BCUT2D eigenvalue weighted by Gasteiger charge is 2.30. The van der Waals surface area contributed by atoms with Crippen molar-refractivity contribution in [1.82, 2.24) is 10.2 Å². The molecular weight excluding hydrogens is 488 g/mol. The molecule has 6 nitrogen and oxygen atoms in total. The van der Waals surface area contributed by atoms with Crippen LogP contribution in [0.25, 0.3) is 21.9 Å². The molecule has 0 aliphatic carbocycles. The first-order valence-electron chi connectivity index (χ1n) is 13.7. The smallest absolute Gasteiger partial charge is 0.251 e. The van der Waals surface area contributed by atoms with E-state index in [0.717, 1.165) is 51.1 Å². The average Bonchev–Trinajstić information content (AvgIpc) is 3.00. The number of benzene rings is 4. The maximum atomic E-state index is 12.4. The SMILES string of the molecule is CNC(=O)c1ccc2c(c1)OC(c1ccc(OCCN3CCCCC3)cc1)c1c-2ccc2cc(OC)ccc12. The van der Waals surface area contributed by atoms with Crippen LogP contribution in [0.2, 0.25) is 0 Å². The second-order valence-corrected chi connectivity index (χ2v) is 10.2. The quantitative estimate of drug-likeness (QED) is 0.312. The number of likely N-dealkylation sites (tertiary alicyclic amines) is 1. The number of rotatable bonds is 7. The molecule has 6 heteroatoms. The summed E-state index contributed by atoms with van der Waals surface area (Å²) in [5, 5.41) is 4.91. The second kappa shape index (κ2) is 11.0. The Morgan fingerprint density at radius 1 is 0.923 bits per heavy atom. The van der Waals surface area contributed by atoms with Crippen molar-refractivity contribution in [3.05, 3.63) is 89.5 Å². The molecule has 1 saturated heterocycles. The van der Waals surface area contributed by atoms with Crippen LogP contribution in [0.1, 0.15) is 46.9 Å². The Balaban J connectivity index is 1.34. The summed E-state index contributed by atoms with van der Waals surface area (Å²) in [6, 6.07) is 24.3. The zero-order valence-electron chi connectivity index (χ0n) is 22.5. The predicted molar refractivity (Wildman–Crippen MR) is 154 cm³/mol. The third-order valence-corrected chi connectivity index (χ3v) is 7.84. The number of amides is 1. The molecule has 4 aromatic carbocycles. The molecule has 0 spiro atoms. The molecule has 6 rings (SSSR count). The Hall–Kier alpha value is -4.03. The average molecular weight is 523 g/mol. The number of piperidine rings is 1. The van der Waals surface area contributed by atoms with Gasteiger partial charge in [-0.3, -0.25) is 9.69 Å². The van der Waals surface area contributed by atoms with Crippen LogP contribution in [0, 0.1) is 0 Å². The Labute approximate surface area is 229 Å². The molecule has 2 aliphatic rings. The standard InChI is InChI=1S/C33H34N2O4/c1-34-33(36)24-9-13-28-29-14-8-23-20-26(37-2)12-15-27(23)31(29)32(39-30(28)21-24)22-6-10-25(11-7-22)38-19-18-35-16-4-3-5-17-35/h6-15,20-21,32H,3-5,16-19H2,1-2H3,(H,34,36). The number of hydrogen-bond acceptors (Lipinski definition) is 5. The first-order chi connectivity index (χ1) is 19.1. The largest absolute Gasteiger partial charge is 0.497 e. The van der Waals surface area contributed by atoms with Gasteiger partial charge in [-0.05, 0) is 90.3 Å². The molecule has 1 N–H and O–H groups in total. The third-order valence-electron chi connectivity index (χ3n) is 7.84. The fraction of sp³-hybridized carbons (Fsp3) is 0.303. The molecule has 0 radical (unpaired) electrons. The lowest BCUT2D eigenvalue weighted by atomic mass is 9.85. The summed E-state index contributed by atoms with van der Waals surface area (Å²) < 4.78 is 18.3. The summed E-state index contributed by atoms with van der Waals surface area (Å²) in [4.78, 5) is 14.8. The molecule has 0 saturated carbocycles. The van der Waals surface area contributed by atoms with Crippen LogP contribution in [0.3, 0.4) is 0 Å². The summed E-state index contributed by atoms with van der Waals surface area (Å²) in [7, 11) is 3.32. The normalized spacial score (nSPS) is 16.6. The van der Waals surface area contributed by atoms with E-state index in [-0.39, 0.29) is 12.0 Å². The lowest BCUT2D eigenvalue weighted by molar-refractivity contribution is 0.0962. The van der Waals surface area contributed by atoms with Crippen molar-refractivity contribution in [1.29, 1.82) is 0 Å². The maximum absolute atomic E-state index is 12.4. The number of hydrogen-bond donors (Lipinski definition) is 1. The molecule has 1 unspecified atom stereocenters. The number of fused-ring (bicyclic) bond motifs is 5. The molecule has 1 atom stereocenters. The van der Waals surface area contributed by atoms with E-state index < -0.39 is 0 Å². The van der Waals surface area contributed by atoms with Crippen molar-refractivity contribution in [2.75, 3.05) is 40.4 Å². The molecule has 2 aliphatic heterocycles. The first kappa shape index (κ1) is 25.3. The minimum Gasteiger partial charge on any atom is -0.497 e. The van der Waals surface area contributed by atoms with Gasteiger partial charge in [0.25, 0.3) is 5.91 Å². The molecule has 0 aromatic heterocycles. The summed E-state index contributed by atoms with van der Waals surface area (Å²) in [6.07, 6.45) is 3.57. The number of methoxy groups -OCH3 is 1. The van der Waals surface area contributed by atoms with Crippen molar-refractivity contribution in [3.63, 3.8) is 0 Å². The minimum atomic E-state index is -0.341. The summed E-state index contributed by atoms with van der Waals surface area (Å²) in [5.41, 5.74) is 4.78. The van der Waals surface area contributed by atoms with E-state index in [1.54, 1.807) is 14.2 Å². The Bertz CT molecular complexity index is 1490. The van der Waals surface area contributed by atoms with Crippen molar-refractivity contribution < 1.29 is 19.0 Å². The molecule has 1 fully saturated rings. The lowest BCUT2D eigenvalue weighted by Gasteiger charge is -2.31. The van der Waals surface area contributed by atoms with Gasteiger partial charge in [-0.2, -0.15) is 0 Å². The van der Waals surface area contributed by atoms with Crippen LogP contribution < -0.4 is 19.5 Å². The van der Waals surface area contributed by atoms with E-state index in [0.29, 0.717) is 17.9 Å². The molecule has 2 heterocycles. The number of nitrogens with zero attached hydrogens (tertiary/aromatic N) is 1. The van der Waals surface area contributed by atoms with Crippen molar-refractivity contribution >= 4 is 16.7 Å². The topological polar surface area (TPSA) is 60.0 Å². The first-order valence-corrected chi connectivity index (χ1v) is 13.7. The summed E-state index contributed by atoms with van der Waals surface area (Å²) in [6.45, 7) is 3.98. The van der Waals surface area contributed by atoms with Gasteiger partial charge in [0.05, 0.1) is 7.11 Å². The molecule has 39 heavy (non-hydrogen) atoms. The van der Waals surface area contributed by atoms with Crippen LogP contribution in [-0.4, -0.2) is 51.2 Å². The number of nitrogens with one attached hydrogen (secondary N) is 1. The second-order valence-electron chi connectivity index (χ2n) is 10.2. The van der Waals surface area contributed by atoms with E-state index >= 15 is 0 Å². The lowest BCUT2D eigenvalue weighted by Crippen LogP contribution is -2.33. The molecule has 4 aromatic rings. The predicted octanol–water partition coefficient (Wildman–Crippen LogP) is 6.22. The molecule has 0 bridgehead atoms. The van der Waals surface area contributed by atoms with Gasteiger partial charge < -0.3 is 19.5 Å². The maximum Gasteiger partial charge on any atom is 0.251 e. The van der Waals surface area contributed by atoms with Gasteiger partial charge in [-0.25, -0.2) is 0 Å². The number of carbonyl (C=O) groups excluding carboxylic acids is 1. The van der Waals surface area contributed by atoms with E-state index in [4.69, 9.17) is 14.2 Å². The molecular formula is C33H34N2O4. The Morgan fingerprint density at radius 3 is 2.46 bits per heavy atom. The number of ether oxygens (including phenoxy) is 3.